The van der Waals surface area contributed by atoms with E-state index in [4.69, 9.17) is 22.3 Å². The van der Waals surface area contributed by atoms with Gasteiger partial charge in [-0.2, -0.15) is 0 Å². The van der Waals surface area contributed by atoms with Gasteiger partial charge in [-0.05, 0) is 42.0 Å². The Balaban J connectivity index is 1.66. The van der Waals surface area contributed by atoms with Crippen molar-refractivity contribution in [2.75, 3.05) is 18.8 Å². The molecule has 1 aliphatic rings. The molecule has 1 atom stereocenters. The molecule has 2 aromatic carbocycles. The highest BCUT2D eigenvalue weighted by Crippen LogP contribution is 2.31. The van der Waals surface area contributed by atoms with Gasteiger partial charge in [0.05, 0.1) is 6.04 Å². The van der Waals surface area contributed by atoms with Crippen molar-refractivity contribution in [3.8, 4) is 0 Å². The van der Waals surface area contributed by atoms with Gasteiger partial charge >= 0.3 is 0 Å². The summed E-state index contributed by atoms with van der Waals surface area (Å²) in [4.78, 5) is 7.57. The first-order valence-electron chi connectivity index (χ1n) is 9.40. The van der Waals surface area contributed by atoms with Crippen LogP contribution in [0.4, 0.5) is 5.69 Å². The molecule has 0 aromatic heterocycles. The molecular weight excluding hydrogens is 342 g/mol. The van der Waals surface area contributed by atoms with Gasteiger partial charge in [-0.1, -0.05) is 61.8 Å². The number of nitrogens with zero attached hydrogens (tertiary/aromatic N) is 2. The Morgan fingerprint density at radius 1 is 1.04 bits per heavy atom. The van der Waals surface area contributed by atoms with Crippen LogP contribution in [-0.2, 0) is 6.54 Å². The van der Waals surface area contributed by atoms with Crippen LogP contribution >= 0.6 is 11.6 Å². The molecule has 1 fully saturated rings. The Labute approximate surface area is 161 Å². The maximum Gasteiger partial charge on any atom is 0.0791 e. The number of hydrogen-bond acceptors (Lipinski definition) is 3. The predicted octanol–water partition coefficient (Wildman–Crippen LogP) is 5.36. The van der Waals surface area contributed by atoms with E-state index < -0.39 is 0 Å². The topological polar surface area (TPSA) is 41.6 Å². The highest BCUT2D eigenvalue weighted by molar-refractivity contribution is 6.31. The van der Waals surface area contributed by atoms with Crippen LogP contribution in [0.3, 0.4) is 0 Å². The van der Waals surface area contributed by atoms with Gasteiger partial charge in [-0.3, -0.25) is 9.89 Å². The first-order valence-corrected chi connectivity index (χ1v) is 9.78. The molecule has 1 heterocycles. The minimum atomic E-state index is 0.140. The largest absolute Gasteiger partial charge is 0.398 e. The van der Waals surface area contributed by atoms with Crippen LogP contribution in [0.5, 0.6) is 0 Å². The molecule has 1 aliphatic heterocycles. The van der Waals surface area contributed by atoms with Crippen molar-refractivity contribution >= 4 is 23.0 Å². The zero-order valence-corrected chi connectivity index (χ0v) is 16.4. The van der Waals surface area contributed by atoms with Gasteiger partial charge in [-0.15, -0.1) is 0 Å². The van der Waals surface area contributed by atoms with E-state index in [0.29, 0.717) is 5.92 Å². The van der Waals surface area contributed by atoms with Crippen LogP contribution in [0.15, 0.2) is 53.5 Å². The number of nitrogens with two attached hydrogens (primary N) is 1. The molecule has 2 N–H and O–H groups in total. The second kappa shape index (κ2) is 8.70. The minimum Gasteiger partial charge on any atom is -0.398 e. The summed E-state index contributed by atoms with van der Waals surface area (Å²) in [5.74, 6) is 0.424. The second-order valence-corrected chi connectivity index (χ2v) is 7.79. The Bertz CT molecular complexity index is 759. The lowest BCUT2D eigenvalue weighted by Gasteiger charge is -2.29. The molecule has 1 saturated heterocycles. The summed E-state index contributed by atoms with van der Waals surface area (Å²) in [5, 5.41) is 0.853. The smallest absolute Gasteiger partial charge is 0.0791 e. The van der Waals surface area contributed by atoms with E-state index >= 15 is 0 Å². The number of anilines is 1. The van der Waals surface area contributed by atoms with E-state index in [0.717, 1.165) is 48.7 Å². The SMILES string of the molecule is CC(C)C(N=C1CCN(Cc2ccccc2Cl)CC1)c1ccccc1N. The van der Waals surface area contributed by atoms with Gasteiger partial charge < -0.3 is 5.73 Å². The first kappa shape index (κ1) is 18.9. The number of halogens is 1. The van der Waals surface area contributed by atoms with Gasteiger partial charge in [0, 0.05) is 36.1 Å². The first-order chi connectivity index (χ1) is 12.5. The van der Waals surface area contributed by atoms with Crippen LogP contribution < -0.4 is 5.73 Å². The van der Waals surface area contributed by atoms with Crippen molar-refractivity contribution in [3.05, 3.63) is 64.7 Å². The summed E-state index contributed by atoms with van der Waals surface area (Å²) >= 11 is 6.30. The molecule has 0 radical (unpaired) electrons. The standard InChI is InChI=1S/C22H28ClN3/c1-16(2)22(19-8-4-6-10-21(19)24)25-18-11-13-26(14-12-18)15-17-7-3-5-9-20(17)23/h3-10,16,22H,11-15,24H2,1-2H3. The van der Waals surface area contributed by atoms with Crippen LogP contribution in [0.1, 0.15) is 43.9 Å². The number of piperidine rings is 1. The average Bonchev–Trinajstić information content (AvgIpc) is 2.63. The molecule has 0 spiro atoms. The molecular formula is C22H28ClN3. The van der Waals surface area contributed by atoms with Crippen molar-refractivity contribution < 1.29 is 0 Å². The summed E-state index contributed by atoms with van der Waals surface area (Å²) in [6.45, 7) is 7.39. The minimum absolute atomic E-state index is 0.140. The Kier molecular flexibility index (Phi) is 6.33. The van der Waals surface area contributed by atoms with E-state index in [-0.39, 0.29) is 6.04 Å². The highest BCUT2D eigenvalue weighted by atomic mass is 35.5. The van der Waals surface area contributed by atoms with Crippen molar-refractivity contribution in [1.82, 2.24) is 4.90 Å². The fourth-order valence-corrected chi connectivity index (χ4v) is 3.72. The summed E-state index contributed by atoms with van der Waals surface area (Å²) < 4.78 is 0. The van der Waals surface area contributed by atoms with Crippen molar-refractivity contribution in [2.24, 2.45) is 10.9 Å². The molecule has 26 heavy (non-hydrogen) atoms. The lowest BCUT2D eigenvalue weighted by atomic mass is 9.94. The molecule has 0 aliphatic carbocycles. The Morgan fingerprint density at radius 2 is 1.69 bits per heavy atom. The number of benzene rings is 2. The Morgan fingerprint density at radius 3 is 2.35 bits per heavy atom. The van der Waals surface area contributed by atoms with E-state index in [2.05, 4.69) is 36.9 Å². The maximum absolute atomic E-state index is 6.30. The molecule has 0 amide bonds. The molecule has 3 nitrogen and oxygen atoms in total. The van der Waals surface area contributed by atoms with E-state index in [1.807, 2.05) is 30.3 Å². The van der Waals surface area contributed by atoms with Crippen LogP contribution in [-0.4, -0.2) is 23.7 Å². The maximum atomic E-state index is 6.30. The average molecular weight is 370 g/mol. The predicted molar refractivity (Wildman–Crippen MR) is 112 cm³/mol. The highest BCUT2D eigenvalue weighted by Gasteiger charge is 2.21. The van der Waals surface area contributed by atoms with E-state index in [1.165, 1.54) is 11.3 Å². The molecule has 138 valence electrons. The Hall–Kier alpha value is -1.84. The molecule has 0 saturated carbocycles. The van der Waals surface area contributed by atoms with Gasteiger partial charge in [0.25, 0.3) is 0 Å². The third-order valence-electron chi connectivity index (χ3n) is 5.05. The summed E-state index contributed by atoms with van der Waals surface area (Å²) in [6.07, 6.45) is 2.03. The molecule has 2 aromatic rings. The summed E-state index contributed by atoms with van der Waals surface area (Å²) in [7, 11) is 0. The van der Waals surface area contributed by atoms with Gasteiger partial charge in [-0.25, -0.2) is 0 Å². The van der Waals surface area contributed by atoms with Gasteiger partial charge in [0.1, 0.15) is 0 Å². The zero-order chi connectivity index (χ0) is 18.5. The van der Waals surface area contributed by atoms with Gasteiger partial charge in [0.2, 0.25) is 0 Å². The third kappa shape index (κ3) is 4.66. The van der Waals surface area contributed by atoms with Crippen LogP contribution in [0.25, 0.3) is 0 Å². The number of rotatable bonds is 5. The quantitative estimate of drug-likeness (QED) is 0.721. The monoisotopic (exact) mass is 369 g/mol. The van der Waals surface area contributed by atoms with Crippen molar-refractivity contribution in [3.63, 3.8) is 0 Å². The summed E-state index contributed by atoms with van der Waals surface area (Å²) in [5.41, 5.74) is 10.7. The molecule has 1 unspecified atom stereocenters. The fraction of sp³-hybridized carbons (Fsp3) is 0.409. The van der Waals surface area contributed by atoms with E-state index in [9.17, 15) is 0 Å². The molecule has 0 bridgehead atoms. The van der Waals surface area contributed by atoms with Crippen LogP contribution in [0.2, 0.25) is 5.02 Å². The zero-order valence-electron chi connectivity index (χ0n) is 15.7. The lowest BCUT2D eigenvalue weighted by molar-refractivity contribution is 0.265. The number of aliphatic imine (C=N–C) groups is 1. The summed E-state index contributed by atoms with van der Waals surface area (Å²) in [6, 6.07) is 16.4. The lowest BCUT2D eigenvalue weighted by Crippen LogP contribution is -2.33. The third-order valence-corrected chi connectivity index (χ3v) is 5.42. The number of nitrogen functional groups attached to an aromatic ring is 1. The normalized spacial score (nSPS) is 16.7. The van der Waals surface area contributed by atoms with Crippen molar-refractivity contribution in [2.45, 2.75) is 39.3 Å². The number of para-hydroxylation sites is 1. The fourth-order valence-electron chi connectivity index (χ4n) is 3.52. The molecule has 4 heteroatoms. The van der Waals surface area contributed by atoms with E-state index in [1.54, 1.807) is 0 Å². The van der Waals surface area contributed by atoms with Crippen molar-refractivity contribution in [1.29, 1.82) is 0 Å². The second-order valence-electron chi connectivity index (χ2n) is 7.38. The molecule has 3 rings (SSSR count). The number of hydrogen-bond donors (Lipinski definition) is 1. The van der Waals surface area contributed by atoms with Crippen LogP contribution in [0, 0.1) is 5.92 Å². The van der Waals surface area contributed by atoms with Gasteiger partial charge in [0.15, 0.2) is 0 Å². The number of likely N-dealkylation sites (tertiary alicyclic amines) is 1.